The molecule has 0 bridgehead atoms. The maximum atomic E-state index is 4.73. The molecular formula is C52H35N3S. The monoisotopic (exact) mass is 733 g/mol. The Morgan fingerprint density at radius 1 is 0.500 bits per heavy atom. The van der Waals surface area contributed by atoms with Crippen LogP contribution in [0.2, 0.25) is 0 Å². The summed E-state index contributed by atoms with van der Waals surface area (Å²) in [4.78, 5) is 11.9. The molecule has 0 N–H and O–H groups in total. The molecule has 3 aliphatic rings. The Hall–Kier alpha value is -6.49. The van der Waals surface area contributed by atoms with Crippen molar-refractivity contribution in [2.24, 2.45) is 0 Å². The molecule has 3 nitrogen and oxygen atoms in total. The molecule has 3 aromatic heterocycles. The smallest absolute Gasteiger partial charge is 0.137 e. The fraction of sp³-hybridized carbons (Fsp3) is 0.0769. The first-order chi connectivity index (χ1) is 27.5. The number of rotatable bonds is 2. The predicted octanol–water partition coefficient (Wildman–Crippen LogP) is 12.9. The van der Waals surface area contributed by atoms with Gasteiger partial charge in [-0.25, -0.2) is 4.98 Å². The third kappa shape index (κ3) is 4.20. The quantitative estimate of drug-likeness (QED) is 0.177. The first kappa shape index (κ1) is 31.8. The average Bonchev–Trinajstić information content (AvgIpc) is 3.63. The second-order valence-corrected chi connectivity index (χ2v) is 16.9. The summed E-state index contributed by atoms with van der Waals surface area (Å²) in [6.07, 6.45) is 10.3. The number of fused-ring (bicyclic) bond motifs is 14. The van der Waals surface area contributed by atoms with Gasteiger partial charge in [-0.3, -0.25) is 9.55 Å². The lowest BCUT2D eigenvalue weighted by Crippen LogP contribution is -2.35. The molecule has 0 saturated heterocycles. The highest BCUT2D eigenvalue weighted by Crippen LogP contribution is 2.61. The van der Waals surface area contributed by atoms with Crippen molar-refractivity contribution in [3.05, 3.63) is 209 Å². The molecule has 0 amide bonds. The molecule has 4 heteroatoms. The van der Waals surface area contributed by atoms with Crippen LogP contribution in [0.1, 0.15) is 58.4 Å². The Kier molecular flexibility index (Phi) is 6.54. The minimum absolute atomic E-state index is 0.0892. The maximum Gasteiger partial charge on any atom is 0.137 e. The molecule has 0 saturated carbocycles. The van der Waals surface area contributed by atoms with Gasteiger partial charge < -0.3 is 0 Å². The zero-order chi connectivity index (χ0) is 37.2. The van der Waals surface area contributed by atoms with Crippen molar-refractivity contribution >= 4 is 45.7 Å². The molecule has 4 heterocycles. The first-order valence-corrected chi connectivity index (χ1v) is 20.1. The summed E-state index contributed by atoms with van der Waals surface area (Å²) in [5.74, 6) is 0.885. The predicted molar refractivity (Wildman–Crippen MR) is 231 cm³/mol. The number of hydrogen-bond acceptors (Lipinski definition) is 3. The molecule has 264 valence electrons. The largest absolute Gasteiger partial charge is 0.292 e. The van der Waals surface area contributed by atoms with Crippen molar-refractivity contribution in [3.63, 3.8) is 0 Å². The van der Waals surface area contributed by atoms with E-state index in [1.165, 1.54) is 81.9 Å². The van der Waals surface area contributed by atoms with Crippen molar-refractivity contribution in [3.8, 4) is 28.1 Å². The highest BCUT2D eigenvalue weighted by Gasteiger charge is 2.48. The summed E-state index contributed by atoms with van der Waals surface area (Å²) in [5, 5.41) is 2.34. The van der Waals surface area contributed by atoms with Gasteiger partial charge in [-0.1, -0.05) is 129 Å². The van der Waals surface area contributed by atoms with E-state index < -0.39 is 5.41 Å². The molecule has 56 heavy (non-hydrogen) atoms. The molecule has 1 unspecified atom stereocenters. The Bertz CT molecular complexity index is 3150. The van der Waals surface area contributed by atoms with Crippen LogP contribution in [0.15, 0.2) is 174 Å². The van der Waals surface area contributed by atoms with Crippen molar-refractivity contribution in [1.82, 2.24) is 14.5 Å². The standard InChI is InChI=1S/C52H35N3S/c1-51(2)41-14-6-4-12-36(41)38-29-45-49(30-44(38)51)56-48-16-8-7-15-42(48)52(45)40-13-5-3-11-32(40)18-19-33-20-21-35(28-43(33)52)34-22-23-46-39(27-34)37-24-26-53-31-47(37)55(46)50-17-9-10-25-54-50/h3-31H,1-2H3. The van der Waals surface area contributed by atoms with E-state index in [0.717, 1.165) is 22.2 Å². The summed E-state index contributed by atoms with van der Waals surface area (Å²) in [5.41, 5.74) is 17.1. The van der Waals surface area contributed by atoms with Gasteiger partial charge in [0.15, 0.2) is 0 Å². The van der Waals surface area contributed by atoms with Gasteiger partial charge in [0.2, 0.25) is 0 Å². The van der Waals surface area contributed by atoms with E-state index in [-0.39, 0.29) is 5.41 Å². The van der Waals surface area contributed by atoms with Crippen LogP contribution in [0.4, 0.5) is 0 Å². The van der Waals surface area contributed by atoms with Crippen LogP contribution in [0, 0.1) is 0 Å². The summed E-state index contributed by atoms with van der Waals surface area (Å²) >= 11 is 1.92. The van der Waals surface area contributed by atoms with Crippen molar-refractivity contribution < 1.29 is 0 Å². The lowest BCUT2D eigenvalue weighted by molar-refractivity contribution is 0.653. The summed E-state index contributed by atoms with van der Waals surface area (Å²) < 4.78 is 2.22. The van der Waals surface area contributed by atoms with Gasteiger partial charge in [-0.2, -0.15) is 0 Å². The van der Waals surface area contributed by atoms with Crippen LogP contribution in [-0.2, 0) is 10.8 Å². The fourth-order valence-corrected chi connectivity index (χ4v) is 11.3. The van der Waals surface area contributed by atoms with Gasteiger partial charge in [0, 0.05) is 38.4 Å². The zero-order valence-corrected chi connectivity index (χ0v) is 31.8. The van der Waals surface area contributed by atoms with E-state index in [2.05, 4.69) is 169 Å². The molecule has 0 radical (unpaired) electrons. The molecule has 12 rings (SSSR count). The number of nitrogens with zero attached hydrogens (tertiary/aromatic N) is 3. The van der Waals surface area contributed by atoms with Crippen molar-refractivity contribution in [1.29, 1.82) is 0 Å². The molecule has 6 aromatic carbocycles. The molecule has 1 atom stereocenters. The molecule has 0 fully saturated rings. The average molecular weight is 734 g/mol. The van der Waals surface area contributed by atoms with Gasteiger partial charge >= 0.3 is 0 Å². The Morgan fingerprint density at radius 2 is 1.25 bits per heavy atom. The fourth-order valence-electron chi connectivity index (χ4n) is 10.1. The SMILES string of the molecule is CC1(C)c2ccccc2-c2cc3c(cc21)Sc1ccccc1C31c2ccccc2C=Cc2ccc(-c3ccc4c(c3)c3ccncc3n4-c3ccccn3)cc21. The highest BCUT2D eigenvalue weighted by atomic mass is 32.2. The normalized spacial score (nSPS) is 16.8. The Labute approximate surface area is 330 Å². The second-order valence-electron chi connectivity index (χ2n) is 15.8. The second kappa shape index (κ2) is 11.5. The topological polar surface area (TPSA) is 30.7 Å². The third-order valence-corrected chi connectivity index (χ3v) is 13.8. The first-order valence-electron chi connectivity index (χ1n) is 19.3. The molecule has 1 spiro atoms. The molecule has 2 aliphatic carbocycles. The summed E-state index contributed by atoms with van der Waals surface area (Å²) in [6.45, 7) is 4.77. The number of hydrogen-bond donors (Lipinski definition) is 0. The molecule has 1 aliphatic heterocycles. The Balaban J connectivity index is 1.15. The van der Waals surface area contributed by atoms with E-state index in [0.29, 0.717) is 0 Å². The lowest BCUT2D eigenvalue weighted by atomic mass is 9.62. The van der Waals surface area contributed by atoms with Gasteiger partial charge in [-0.05, 0) is 121 Å². The van der Waals surface area contributed by atoms with E-state index in [1.807, 2.05) is 42.5 Å². The van der Waals surface area contributed by atoms with Crippen LogP contribution < -0.4 is 0 Å². The number of aromatic nitrogens is 3. The summed E-state index contributed by atoms with van der Waals surface area (Å²) in [7, 11) is 0. The van der Waals surface area contributed by atoms with Crippen LogP contribution in [0.3, 0.4) is 0 Å². The minimum Gasteiger partial charge on any atom is -0.292 e. The van der Waals surface area contributed by atoms with E-state index in [4.69, 9.17) is 4.98 Å². The van der Waals surface area contributed by atoms with Crippen LogP contribution in [-0.4, -0.2) is 14.5 Å². The molecule has 9 aromatic rings. The van der Waals surface area contributed by atoms with Crippen LogP contribution >= 0.6 is 11.8 Å². The van der Waals surface area contributed by atoms with E-state index >= 15 is 0 Å². The van der Waals surface area contributed by atoms with Gasteiger partial charge in [0.1, 0.15) is 5.82 Å². The van der Waals surface area contributed by atoms with E-state index in [9.17, 15) is 0 Å². The minimum atomic E-state index is -0.565. The van der Waals surface area contributed by atoms with Gasteiger partial charge in [-0.15, -0.1) is 0 Å². The lowest BCUT2D eigenvalue weighted by Gasteiger charge is -2.43. The number of benzene rings is 6. The van der Waals surface area contributed by atoms with Crippen molar-refractivity contribution in [2.75, 3.05) is 0 Å². The third-order valence-electron chi connectivity index (χ3n) is 12.6. The van der Waals surface area contributed by atoms with Gasteiger partial charge in [0.25, 0.3) is 0 Å². The van der Waals surface area contributed by atoms with E-state index in [1.54, 1.807) is 0 Å². The zero-order valence-electron chi connectivity index (χ0n) is 31.0. The molecular weight excluding hydrogens is 699 g/mol. The maximum absolute atomic E-state index is 4.73. The van der Waals surface area contributed by atoms with Crippen LogP contribution in [0.5, 0.6) is 0 Å². The highest BCUT2D eigenvalue weighted by molar-refractivity contribution is 7.99. The van der Waals surface area contributed by atoms with Crippen molar-refractivity contribution in [2.45, 2.75) is 34.5 Å². The van der Waals surface area contributed by atoms with Gasteiger partial charge in [0.05, 0.1) is 22.6 Å². The van der Waals surface area contributed by atoms with Crippen LogP contribution in [0.25, 0.3) is 62.0 Å². The summed E-state index contributed by atoms with van der Waals surface area (Å²) in [6, 6.07) is 54.5. The number of pyridine rings is 2. The Morgan fingerprint density at radius 3 is 2.12 bits per heavy atom.